The van der Waals surface area contributed by atoms with Crippen molar-refractivity contribution in [2.45, 2.75) is 45.1 Å². The van der Waals surface area contributed by atoms with Gasteiger partial charge in [0.25, 0.3) is 0 Å². The summed E-state index contributed by atoms with van der Waals surface area (Å²) in [6.45, 7) is 6.36. The lowest BCUT2D eigenvalue weighted by Gasteiger charge is -2.21. The Morgan fingerprint density at radius 2 is 2.24 bits per heavy atom. The highest BCUT2D eigenvalue weighted by Gasteiger charge is 2.42. The number of amidine groups is 1. The molecule has 1 saturated carbocycles. The maximum atomic E-state index is 5.17. The minimum absolute atomic E-state index is 0.257. The lowest BCUT2D eigenvalue weighted by molar-refractivity contribution is 0.174. The van der Waals surface area contributed by atoms with Gasteiger partial charge in [0.2, 0.25) is 0 Å². The van der Waals surface area contributed by atoms with Gasteiger partial charge in [0.1, 0.15) is 0 Å². The highest BCUT2D eigenvalue weighted by atomic mass is 32.2. The Balaban J connectivity index is 1.82. The average molecular weight is 256 g/mol. The van der Waals surface area contributed by atoms with Gasteiger partial charge in [-0.15, -0.1) is 0 Å². The highest BCUT2D eigenvalue weighted by molar-refractivity contribution is 8.14. The van der Waals surface area contributed by atoms with Crippen molar-refractivity contribution in [2.24, 2.45) is 10.4 Å². The van der Waals surface area contributed by atoms with Crippen molar-refractivity contribution < 1.29 is 4.74 Å². The fraction of sp³-hybridized carbons (Fsp3) is 0.923. The van der Waals surface area contributed by atoms with E-state index >= 15 is 0 Å². The van der Waals surface area contributed by atoms with Gasteiger partial charge in [-0.25, -0.2) is 0 Å². The summed E-state index contributed by atoms with van der Waals surface area (Å²) >= 11 is 1.87. The molecule has 0 amide bonds. The number of hydrogen-bond acceptors (Lipinski definition) is 3. The molecule has 1 saturated heterocycles. The van der Waals surface area contributed by atoms with E-state index in [4.69, 9.17) is 9.73 Å². The third-order valence-corrected chi connectivity index (χ3v) is 5.35. The van der Waals surface area contributed by atoms with Crippen LogP contribution in [0.25, 0.3) is 0 Å². The van der Waals surface area contributed by atoms with Gasteiger partial charge in [-0.05, 0) is 38.0 Å². The number of aliphatic imine (C=N–C) groups is 1. The highest BCUT2D eigenvalue weighted by Crippen LogP contribution is 2.49. The Kier molecular flexibility index (Phi) is 4.03. The molecule has 98 valence electrons. The van der Waals surface area contributed by atoms with E-state index in [1.165, 1.54) is 12.8 Å². The van der Waals surface area contributed by atoms with E-state index in [1.807, 2.05) is 11.8 Å². The lowest BCUT2D eigenvalue weighted by atomic mass is 10.0. The maximum Gasteiger partial charge on any atom is 0.157 e. The van der Waals surface area contributed by atoms with Gasteiger partial charge in [0, 0.05) is 31.6 Å². The predicted octanol–water partition coefficient (Wildman–Crippen LogP) is 2.66. The first-order valence-electron chi connectivity index (χ1n) is 6.56. The Morgan fingerprint density at radius 1 is 1.47 bits per heavy atom. The van der Waals surface area contributed by atoms with Crippen LogP contribution in [0.15, 0.2) is 4.99 Å². The van der Waals surface area contributed by atoms with Crippen molar-refractivity contribution in [3.63, 3.8) is 0 Å². The van der Waals surface area contributed by atoms with E-state index in [1.54, 1.807) is 7.11 Å². The second kappa shape index (κ2) is 5.19. The van der Waals surface area contributed by atoms with Gasteiger partial charge in [-0.1, -0.05) is 18.7 Å². The van der Waals surface area contributed by atoms with E-state index in [0.29, 0.717) is 5.41 Å². The second-order valence-electron chi connectivity index (χ2n) is 5.69. The van der Waals surface area contributed by atoms with Crippen LogP contribution in [0.2, 0.25) is 0 Å². The van der Waals surface area contributed by atoms with Crippen molar-refractivity contribution in [2.75, 3.05) is 26.0 Å². The summed E-state index contributed by atoms with van der Waals surface area (Å²) in [5.41, 5.74) is 0.725. The first kappa shape index (κ1) is 13.2. The average Bonchev–Trinajstić information content (AvgIpc) is 3.01. The SMILES string of the molecule is CCC1(C)CSC(=NCC2(CCOC)CC2)N1. The molecule has 0 bridgehead atoms. The van der Waals surface area contributed by atoms with E-state index in [2.05, 4.69) is 19.2 Å². The summed E-state index contributed by atoms with van der Waals surface area (Å²) in [4.78, 5) is 4.77. The molecule has 2 rings (SSSR count). The second-order valence-corrected chi connectivity index (χ2v) is 6.66. The number of thioether (sulfide) groups is 1. The lowest BCUT2D eigenvalue weighted by Crippen LogP contribution is -2.39. The molecule has 0 aromatic carbocycles. The van der Waals surface area contributed by atoms with Crippen LogP contribution >= 0.6 is 11.8 Å². The minimum atomic E-state index is 0.257. The molecule has 1 N–H and O–H groups in total. The molecule has 2 aliphatic rings. The van der Waals surface area contributed by atoms with Crippen molar-refractivity contribution in [1.82, 2.24) is 5.32 Å². The van der Waals surface area contributed by atoms with Crippen LogP contribution in [-0.2, 0) is 4.74 Å². The monoisotopic (exact) mass is 256 g/mol. The summed E-state index contributed by atoms with van der Waals surface area (Å²) in [6.07, 6.45) is 4.97. The van der Waals surface area contributed by atoms with Crippen LogP contribution in [-0.4, -0.2) is 36.7 Å². The quantitative estimate of drug-likeness (QED) is 0.793. The third-order valence-electron chi connectivity index (χ3n) is 4.07. The standard InChI is InChI=1S/C13H24N2OS/c1-4-12(2)10-17-11(15-12)14-9-13(5-6-13)7-8-16-3/h4-10H2,1-3H3,(H,14,15). The number of methoxy groups -OCH3 is 1. The number of hydrogen-bond donors (Lipinski definition) is 1. The zero-order chi connectivity index (χ0) is 12.4. The molecular weight excluding hydrogens is 232 g/mol. The summed E-state index contributed by atoms with van der Waals surface area (Å²) in [5, 5.41) is 4.71. The zero-order valence-corrected chi connectivity index (χ0v) is 12.0. The van der Waals surface area contributed by atoms with Gasteiger partial charge in [0.15, 0.2) is 5.17 Å². The first-order chi connectivity index (χ1) is 8.11. The van der Waals surface area contributed by atoms with Gasteiger partial charge < -0.3 is 10.1 Å². The molecule has 0 aromatic rings. The molecular formula is C13H24N2OS. The topological polar surface area (TPSA) is 33.6 Å². The smallest absolute Gasteiger partial charge is 0.157 e. The van der Waals surface area contributed by atoms with Crippen LogP contribution in [0.5, 0.6) is 0 Å². The Labute approximate surface area is 109 Å². The summed E-state index contributed by atoms with van der Waals surface area (Å²) in [7, 11) is 1.78. The number of nitrogens with zero attached hydrogens (tertiary/aromatic N) is 1. The third kappa shape index (κ3) is 3.38. The molecule has 0 spiro atoms. The van der Waals surface area contributed by atoms with E-state index < -0.39 is 0 Å². The molecule has 17 heavy (non-hydrogen) atoms. The van der Waals surface area contributed by atoms with Crippen LogP contribution in [0, 0.1) is 5.41 Å². The largest absolute Gasteiger partial charge is 0.385 e. The number of ether oxygens (including phenoxy) is 1. The summed E-state index contributed by atoms with van der Waals surface area (Å²) < 4.78 is 5.17. The van der Waals surface area contributed by atoms with Crippen LogP contribution in [0.3, 0.4) is 0 Å². The normalized spacial score (nSPS) is 32.8. The van der Waals surface area contributed by atoms with Crippen molar-refractivity contribution in [3.8, 4) is 0 Å². The van der Waals surface area contributed by atoms with Gasteiger partial charge in [0.05, 0.1) is 0 Å². The molecule has 1 unspecified atom stereocenters. The molecule has 4 heteroatoms. The molecule has 2 fully saturated rings. The van der Waals surface area contributed by atoms with Gasteiger partial charge in [-0.2, -0.15) is 0 Å². The van der Waals surface area contributed by atoms with E-state index in [0.717, 1.165) is 36.9 Å². The van der Waals surface area contributed by atoms with Crippen molar-refractivity contribution >= 4 is 16.9 Å². The van der Waals surface area contributed by atoms with Gasteiger partial charge >= 0.3 is 0 Å². The Bertz CT molecular complexity index is 302. The van der Waals surface area contributed by atoms with Crippen LogP contribution in [0.4, 0.5) is 0 Å². The van der Waals surface area contributed by atoms with Crippen molar-refractivity contribution in [3.05, 3.63) is 0 Å². The zero-order valence-electron chi connectivity index (χ0n) is 11.2. The fourth-order valence-corrected chi connectivity index (χ4v) is 3.26. The molecule has 1 aliphatic carbocycles. The molecule has 3 nitrogen and oxygen atoms in total. The molecule has 0 radical (unpaired) electrons. The molecule has 1 atom stereocenters. The van der Waals surface area contributed by atoms with Crippen LogP contribution in [0.1, 0.15) is 39.5 Å². The predicted molar refractivity (Wildman–Crippen MR) is 74.8 cm³/mol. The molecule has 1 aliphatic heterocycles. The molecule has 1 heterocycles. The summed E-state index contributed by atoms with van der Waals surface area (Å²) in [5.74, 6) is 1.15. The number of nitrogens with one attached hydrogen (secondary N) is 1. The van der Waals surface area contributed by atoms with Crippen LogP contribution < -0.4 is 5.32 Å². The Hall–Kier alpha value is -0.220. The summed E-state index contributed by atoms with van der Waals surface area (Å²) in [6, 6.07) is 0. The number of rotatable bonds is 6. The van der Waals surface area contributed by atoms with E-state index in [9.17, 15) is 0 Å². The molecule has 0 aromatic heterocycles. The first-order valence-corrected chi connectivity index (χ1v) is 7.54. The maximum absolute atomic E-state index is 5.17. The fourth-order valence-electron chi connectivity index (χ4n) is 2.06. The van der Waals surface area contributed by atoms with E-state index in [-0.39, 0.29) is 5.54 Å². The van der Waals surface area contributed by atoms with Gasteiger partial charge in [-0.3, -0.25) is 4.99 Å². The minimum Gasteiger partial charge on any atom is -0.385 e. The Morgan fingerprint density at radius 3 is 2.76 bits per heavy atom. The van der Waals surface area contributed by atoms with Crippen molar-refractivity contribution in [1.29, 1.82) is 0 Å².